The van der Waals surface area contributed by atoms with Crippen LogP contribution in [0.4, 0.5) is 11.4 Å². The zero-order valence-electron chi connectivity index (χ0n) is 15.1. The molecule has 1 aliphatic carbocycles. The van der Waals surface area contributed by atoms with Crippen molar-refractivity contribution in [3.8, 4) is 0 Å². The maximum absolute atomic E-state index is 12.6. The van der Waals surface area contributed by atoms with E-state index in [0.717, 1.165) is 24.8 Å². The van der Waals surface area contributed by atoms with E-state index in [1.165, 1.54) is 23.8 Å². The summed E-state index contributed by atoms with van der Waals surface area (Å²) in [5.74, 6) is -1.87. The average molecular weight is 383 g/mol. The van der Waals surface area contributed by atoms with E-state index in [0.29, 0.717) is 0 Å². The number of aryl methyl sites for hydroxylation is 1. The van der Waals surface area contributed by atoms with Crippen LogP contribution in [0.25, 0.3) is 0 Å². The molecule has 0 saturated carbocycles. The van der Waals surface area contributed by atoms with Crippen LogP contribution in [-0.2, 0) is 11.2 Å². The van der Waals surface area contributed by atoms with Gasteiger partial charge >= 0.3 is 5.97 Å². The number of carbonyl (C=O) groups excluding carboxylic acids is 1. The smallest absolute Gasteiger partial charge is 0.326 e. The lowest BCUT2D eigenvalue weighted by molar-refractivity contribution is -0.383. The third-order valence-electron chi connectivity index (χ3n) is 5.14. The molecule has 0 saturated heterocycles. The number of anilines is 1. The van der Waals surface area contributed by atoms with Crippen molar-refractivity contribution in [2.75, 3.05) is 5.73 Å². The topological polar surface area (TPSA) is 136 Å². The molecular weight excluding hydrogens is 362 g/mol. The highest BCUT2D eigenvalue weighted by molar-refractivity contribution is 6.02. The lowest BCUT2D eigenvalue weighted by atomic mass is 9.79. The SMILES string of the molecule is Nc1c(C(=O)NC(CC2CCCc3ccccc32)C(=O)O)cccc1[N+](=O)[O-]. The Morgan fingerprint density at radius 1 is 1.25 bits per heavy atom. The molecule has 3 rings (SSSR count). The van der Waals surface area contributed by atoms with E-state index in [1.54, 1.807) is 0 Å². The molecule has 0 radical (unpaired) electrons. The minimum atomic E-state index is -1.15. The molecule has 1 amide bonds. The molecule has 0 bridgehead atoms. The largest absolute Gasteiger partial charge is 0.480 e. The van der Waals surface area contributed by atoms with Crippen LogP contribution in [0.15, 0.2) is 42.5 Å². The summed E-state index contributed by atoms with van der Waals surface area (Å²) in [6.07, 6.45) is 3.00. The third kappa shape index (κ3) is 3.95. The molecular formula is C20H21N3O5. The number of carboxylic acids is 1. The summed E-state index contributed by atoms with van der Waals surface area (Å²) >= 11 is 0. The molecule has 2 unspecified atom stereocenters. The van der Waals surface area contributed by atoms with Crippen LogP contribution < -0.4 is 11.1 Å². The van der Waals surface area contributed by atoms with Gasteiger partial charge in [0.05, 0.1) is 10.5 Å². The van der Waals surface area contributed by atoms with Crippen LogP contribution in [0, 0.1) is 10.1 Å². The van der Waals surface area contributed by atoms with Crippen molar-refractivity contribution in [1.82, 2.24) is 5.32 Å². The maximum atomic E-state index is 12.6. The third-order valence-corrected chi connectivity index (χ3v) is 5.14. The predicted octanol–water partition coefficient (Wildman–Crippen LogP) is 2.87. The number of amides is 1. The van der Waals surface area contributed by atoms with E-state index in [1.807, 2.05) is 24.3 Å². The van der Waals surface area contributed by atoms with Crippen LogP contribution >= 0.6 is 0 Å². The fourth-order valence-electron chi connectivity index (χ4n) is 3.75. The van der Waals surface area contributed by atoms with Crippen molar-refractivity contribution < 1.29 is 19.6 Å². The predicted molar refractivity (Wildman–Crippen MR) is 103 cm³/mol. The molecule has 1 aliphatic rings. The molecule has 2 aromatic carbocycles. The Morgan fingerprint density at radius 2 is 2.00 bits per heavy atom. The van der Waals surface area contributed by atoms with Crippen LogP contribution in [0.2, 0.25) is 0 Å². The van der Waals surface area contributed by atoms with Crippen molar-refractivity contribution in [3.63, 3.8) is 0 Å². The van der Waals surface area contributed by atoms with Gasteiger partial charge in [0.1, 0.15) is 11.7 Å². The Kier molecular flexibility index (Phi) is 5.58. The first-order chi connectivity index (χ1) is 13.4. The Bertz CT molecular complexity index is 928. The van der Waals surface area contributed by atoms with E-state index in [-0.39, 0.29) is 29.3 Å². The number of nitrogens with one attached hydrogen (secondary N) is 1. The van der Waals surface area contributed by atoms with Gasteiger partial charge in [-0.05, 0) is 48.8 Å². The quantitative estimate of drug-likeness (QED) is 0.399. The Hall–Kier alpha value is -3.42. The first-order valence-corrected chi connectivity index (χ1v) is 9.02. The normalized spacial score (nSPS) is 16.6. The van der Waals surface area contributed by atoms with Crippen molar-refractivity contribution >= 4 is 23.3 Å². The monoisotopic (exact) mass is 383 g/mol. The van der Waals surface area contributed by atoms with Gasteiger partial charge in [-0.25, -0.2) is 4.79 Å². The van der Waals surface area contributed by atoms with Gasteiger partial charge in [0.25, 0.3) is 11.6 Å². The molecule has 0 aliphatic heterocycles. The van der Waals surface area contributed by atoms with E-state index in [2.05, 4.69) is 5.32 Å². The fourth-order valence-corrected chi connectivity index (χ4v) is 3.75. The molecule has 146 valence electrons. The summed E-state index contributed by atoms with van der Waals surface area (Å²) < 4.78 is 0. The number of carboxylic acid groups (broad SMARTS) is 1. The number of nitrogen functional groups attached to an aromatic ring is 1. The van der Waals surface area contributed by atoms with Gasteiger partial charge in [0.2, 0.25) is 0 Å². The van der Waals surface area contributed by atoms with Gasteiger partial charge in [-0.15, -0.1) is 0 Å². The van der Waals surface area contributed by atoms with Gasteiger partial charge in [-0.2, -0.15) is 0 Å². The second-order valence-corrected chi connectivity index (χ2v) is 6.88. The van der Waals surface area contributed by atoms with Crippen LogP contribution in [-0.4, -0.2) is 27.9 Å². The number of nitrogens with zero attached hydrogens (tertiary/aromatic N) is 1. The summed E-state index contributed by atoms with van der Waals surface area (Å²) in [5.41, 5.74) is 7.28. The van der Waals surface area contributed by atoms with Gasteiger partial charge in [0, 0.05) is 6.07 Å². The van der Waals surface area contributed by atoms with Crippen molar-refractivity contribution in [1.29, 1.82) is 0 Å². The van der Waals surface area contributed by atoms with Crippen LogP contribution in [0.5, 0.6) is 0 Å². The molecule has 4 N–H and O–H groups in total. The van der Waals surface area contributed by atoms with Crippen molar-refractivity contribution in [3.05, 3.63) is 69.3 Å². The summed E-state index contributed by atoms with van der Waals surface area (Å²) in [6, 6.07) is 10.7. The number of rotatable bonds is 6. The minimum Gasteiger partial charge on any atom is -0.480 e. The number of nitro groups is 1. The fraction of sp³-hybridized carbons (Fsp3) is 0.300. The van der Waals surface area contributed by atoms with Gasteiger partial charge in [-0.3, -0.25) is 14.9 Å². The lowest BCUT2D eigenvalue weighted by Crippen LogP contribution is -2.42. The molecule has 0 aromatic heterocycles. The number of carbonyl (C=O) groups is 2. The lowest BCUT2D eigenvalue weighted by Gasteiger charge is -2.28. The van der Waals surface area contributed by atoms with Crippen molar-refractivity contribution in [2.24, 2.45) is 0 Å². The van der Waals surface area contributed by atoms with E-state index in [4.69, 9.17) is 5.73 Å². The zero-order valence-corrected chi connectivity index (χ0v) is 15.1. The van der Waals surface area contributed by atoms with Crippen LogP contribution in [0.3, 0.4) is 0 Å². The van der Waals surface area contributed by atoms with Crippen molar-refractivity contribution in [2.45, 2.75) is 37.6 Å². The number of nitro benzene ring substituents is 1. The van der Waals surface area contributed by atoms with Crippen LogP contribution in [0.1, 0.15) is 46.7 Å². The van der Waals surface area contributed by atoms with E-state index in [9.17, 15) is 24.8 Å². The molecule has 2 atom stereocenters. The highest BCUT2D eigenvalue weighted by Crippen LogP contribution is 2.35. The Balaban J connectivity index is 1.80. The zero-order chi connectivity index (χ0) is 20.3. The molecule has 8 nitrogen and oxygen atoms in total. The average Bonchev–Trinajstić information content (AvgIpc) is 2.67. The molecule has 2 aromatic rings. The number of nitrogens with two attached hydrogens (primary N) is 1. The highest BCUT2D eigenvalue weighted by atomic mass is 16.6. The standard InChI is InChI=1S/C20H21N3O5/c21-18-15(9-4-10-17(18)23(27)28)19(24)22-16(20(25)26)11-13-7-3-6-12-5-1-2-8-14(12)13/h1-2,4-5,8-10,13,16H,3,6-7,11,21H2,(H,22,24)(H,25,26). The first kappa shape index (κ1) is 19.3. The number of hydrogen-bond acceptors (Lipinski definition) is 5. The van der Waals surface area contributed by atoms with Gasteiger partial charge in [0.15, 0.2) is 0 Å². The number of fused-ring (bicyclic) bond motifs is 1. The number of aliphatic carboxylic acids is 1. The summed E-state index contributed by atoms with van der Waals surface area (Å²) in [6.45, 7) is 0. The van der Waals surface area contributed by atoms with E-state index < -0.39 is 22.8 Å². The number of para-hydroxylation sites is 1. The number of hydrogen-bond donors (Lipinski definition) is 3. The molecule has 28 heavy (non-hydrogen) atoms. The minimum absolute atomic E-state index is 0.0220. The summed E-state index contributed by atoms with van der Waals surface area (Å²) in [7, 11) is 0. The second kappa shape index (κ2) is 8.08. The molecule has 0 spiro atoms. The summed E-state index contributed by atoms with van der Waals surface area (Å²) in [4.78, 5) is 34.6. The highest BCUT2D eigenvalue weighted by Gasteiger charge is 2.29. The molecule has 0 fully saturated rings. The Morgan fingerprint density at radius 3 is 2.71 bits per heavy atom. The van der Waals surface area contributed by atoms with Gasteiger partial charge in [-0.1, -0.05) is 30.3 Å². The Labute approximate surface area is 161 Å². The number of benzene rings is 2. The first-order valence-electron chi connectivity index (χ1n) is 9.02. The molecule has 0 heterocycles. The van der Waals surface area contributed by atoms with Gasteiger partial charge < -0.3 is 16.2 Å². The van der Waals surface area contributed by atoms with E-state index >= 15 is 0 Å². The maximum Gasteiger partial charge on any atom is 0.326 e. The molecule has 8 heteroatoms. The second-order valence-electron chi connectivity index (χ2n) is 6.88. The summed E-state index contributed by atoms with van der Waals surface area (Å²) in [5, 5.41) is 23.1.